The molecule has 0 bridgehead atoms. The molecule has 0 radical (unpaired) electrons. The van der Waals surface area contributed by atoms with Crippen LogP contribution >= 0.6 is 0 Å². The molecule has 0 fully saturated rings. The lowest BCUT2D eigenvalue weighted by molar-refractivity contribution is -0.132. The van der Waals surface area contributed by atoms with Gasteiger partial charge in [0.1, 0.15) is 5.75 Å². The topological polar surface area (TPSA) is 135 Å². The molecule has 8 nitrogen and oxygen atoms in total. The molecule has 1 atom stereocenters. The molecule has 1 aliphatic carbocycles. The number of aliphatic carboxylic acids is 2. The van der Waals surface area contributed by atoms with E-state index in [-0.39, 0.29) is 17.6 Å². The van der Waals surface area contributed by atoms with Crippen LogP contribution in [0.25, 0.3) is 0 Å². The number of azo groups is 1. The predicted molar refractivity (Wildman–Crippen MR) is 105 cm³/mol. The van der Waals surface area contributed by atoms with Crippen molar-refractivity contribution in [1.29, 1.82) is 0 Å². The number of anilines is 1. The molecule has 1 aromatic carbocycles. The van der Waals surface area contributed by atoms with Crippen LogP contribution in [0.5, 0.6) is 5.75 Å². The highest BCUT2D eigenvalue weighted by atomic mass is 16.5. The van der Waals surface area contributed by atoms with Crippen LogP contribution in [-0.4, -0.2) is 34.8 Å². The quantitative estimate of drug-likeness (QED) is 0.334. The molecule has 1 unspecified atom stereocenters. The van der Waals surface area contributed by atoms with E-state index in [0.29, 0.717) is 30.2 Å². The molecule has 2 rings (SSSR count). The zero-order valence-corrected chi connectivity index (χ0v) is 16.0. The van der Waals surface area contributed by atoms with Crippen LogP contribution < -0.4 is 10.5 Å². The molecule has 150 valence electrons. The zero-order chi connectivity index (χ0) is 20.7. The first-order valence-corrected chi connectivity index (χ1v) is 9.20. The molecule has 8 heteroatoms. The lowest BCUT2D eigenvalue weighted by atomic mass is 9.96. The maximum absolute atomic E-state index is 11.3. The number of carboxylic acids is 2. The van der Waals surface area contributed by atoms with Crippen molar-refractivity contribution < 1.29 is 24.5 Å². The van der Waals surface area contributed by atoms with Gasteiger partial charge < -0.3 is 20.7 Å². The minimum atomic E-state index is -1.20. The average Bonchev–Trinajstić information content (AvgIpc) is 2.67. The summed E-state index contributed by atoms with van der Waals surface area (Å²) >= 11 is 0. The Bertz CT molecular complexity index is 842. The van der Waals surface area contributed by atoms with Gasteiger partial charge in [-0.1, -0.05) is 20.3 Å². The predicted octanol–water partition coefficient (Wildman–Crippen LogP) is 3.89. The van der Waals surface area contributed by atoms with E-state index in [9.17, 15) is 19.8 Å². The number of aryl methyl sites for hydroxylation is 1. The van der Waals surface area contributed by atoms with E-state index in [1.165, 1.54) is 6.08 Å². The molecule has 0 spiro atoms. The summed E-state index contributed by atoms with van der Waals surface area (Å²) in [5.41, 5.74) is 7.89. The molecule has 28 heavy (non-hydrogen) atoms. The Labute approximate surface area is 163 Å². The fourth-order valence-corrected chi connectivity index (χ4v) is 2.74. The lowest BCUT2D eigenvalue weighted by Gasteiger charge is -2.15. The summed E-state index contributed by atoms with van der Waals surface area (Å²) in [4.78, 5) is 22.5. The first-order chi connectivity index (χ1) is 13.3. The van der Waals surface area contributed by atoms with Gasteiger partial charge in [0.2, 0.25) is 0 Å². The minimum absolute atomic E-state index is 0.0135. The number of nitrogens with two attached hydrogens (primary N) is 1. The van der Waals surface area contributed by atoms with E-state index in [1.54, 1.807) is 12.1 Å². The van der Waals surface area contributed by atoms with Gasteiger partial charge in [-0.15, -0.1) is 0 Å². The van der Waals surface area contributed by atoms with Crippen molar-refractivity contribution in [1.82, 2.24) is 0 Å². The van der Waals surface area contributed by atoms with Gasteiger partial charge in [0.05, 0.1) is 29.6 Å². The normalized spacial score (nSPS) is 16.6. The van der Waals surface area contributed by atoms with Gasteiger partial charge in [-0.2, -0.15) is 10.2 Å². The first-order valence-electron chi connectivity index (χ1n) is 9.20. The molecule has 0 amide bonds. The third-order valence-electron chi connectivity index (χ3n) is 4.31. The lowest BCUT2D eigenvalue weighted by Crippen LogP contribution is -2.16. The number of benzene rings is 1. The van der Waals surface area contributed by atoms with Gasteiger partial charge in [-0.25, -0.2) is 9.59 Å². The molecule has 0 saturated carbocycles. The second kappa shape index (κ2) is 9.68. The van der Waals surface area contributed by atoms with E-state index < -0.39 is 18.0 Å². The van der Waals surface area contributed by atoms with E-state index in [1.807, 2.05) is 6.92 Å². The van der Waals surface area contributed by atoms with E-state index >= 15 is 0 Å². The van der Waals surface area contributed by atoms with Crippen LogP contribution in [0.2, 0.25) is 0 Å². The molecule has 0 heterocycles. The molecule has 0 aliphatic heterocycles. The summed E-state index contributed by atoms with van der Waals surface area (Å²) in [7, 11) is 0. The fourth-order valence-electron chi connectivity index (χ4n) is 2.74. The summed E-state index contributed by atoms with van der Waals surface area (Å²) < 4.78 is 5.70. The summed E-state index contributed by atoms with van der Waals surface area (Å²) in [6.07, 6.45) is 5.21. The number of ether oxygens (including phenoxy) is 1. The molecule has 4 N–H and O–H groups in total. The van der Waals surface area contributed by atoms with Crippen LogP contribution in [0.4, 0.5) is 11.4 Å². The maximum atomic E-state index is 11.3. The van der Waals surface area contributed by atoms with Crippen molar-refractivity contribution in [3.63, 3.8) is 0 Å². The standard InChI is InChI=1S/C20H25N3O5/c1-3-5-6-28-18-11-17(12(4-2)10-16(18)21)23-22-15-8-13(19(24)25)7-14(9-15)20(26)27/h7-8,10-11,15H,3-6,9,21H2,1-2H3,(H,24,25)(H,26,27). The Morgan fingerprint density at radius 3 is 2.61 bits per heavy atom. The number of hydrogen-bond donors (Lipinski definition) is 3. The third kappa shape index (κ3) is 5.42. The second-order valence-electron chi connectivity index (χ2n) is 6.46. The molecule has 0 saturated heterocycles. The van der Waals surface area contributed by atoms with Gasteiger partial charge in [0.25, 0.3) is 0 Å². The summed E-state index contributed by atoms with van der Waals surface area (Å²) in [5, 5.41) is 26.8. The number of nitrogen functional groups attached to an aromatic ring is 1. The monoisotopic (exact) mass is 387 g/mol. The van der Waals surface area contributed by atoms with Crippen molar-refractivity contribution in [2.45, 2.75) is 45.6 Å². The van der Waals surface area contributed by atoms with Gasteiger partial charge in [0.15, 0.2) is 0 Å². The Morgan fingerprint density at radius 2 is 2.00 bits per heavy atom. The Balaban J connectivity index is 2.29. The highest BCUT2D eigenvalue weighted by Gasteiger charge is 2.22. The number of nitrogens with zero attached hydrogens (tertiary/aromatic N) is 2. The van der Waals surface area contributed by atoms with Crippen molar-refractivity contribution in [3.05, 3.63) is 41.0 Å². The van der Waals surface area contributed by atoms with Crippen molar-refractivity contribution in [2.75, 3.05) is 12.3 Å². The smallest absolute Gasteiger partial charge is 0.335 e. The molecular formula is C20H25N3O5. The fraction of sp³-hybridized carbons (Fsp3) is 0.400. The summed E-state index contributed by atoms with van der Waals surface area (Å²) in [5.74, 6) is -1.84. The molecular weight excluding hydrogens is 362 g/mol. The molecule has 1 aliphatic rings. The summed E-state index contributed by atoms with van der Waals surface area (Å²) in [6.45, 7) is 4.57. The number of carboxylic acid groups (broad SMARTS) is 2. The van der Waals surface area contributed by atoms with Gasteiger partial charge in [-0.05, 0) is 36.6 Å². The average molecular weight is 387 g/mol. The van der Waals surface area contributed by atoms with Crippen LogP contribution in [0.1, 0.15) is 38.7 Å². The highest BCUT2D eigenvalue weighted by molar-refractivity contribution is 5.95. The van der Waals surface area contributed by atoms with Gasteiger partial charge >= 0.3 is 11.9 Å². The van der Waals surface area contributed by atoms with Crippen LogP contribution in [0.15, 0.2) is 45.7 Å². The van der Waals surface area contributed by atoms with Crippen molar-refractivity contribution >= 4 is 23.3 Å². The number of rotatable bonds is 9. The Kier molecular flexibility index (Phi) is 7.31. The second-order valence-corrected chi connectivity index (χ2v) is 6.46. The van der Waals surface area contributed by atoms with Crippen LogP contribution in [0, 0.1) is 0 Å². The SMILES string of the molecule is CCCCOc1cc(N=NC2C=C(C(=O)O)C=C(C(=O)O)C2)c(CC)cc1N. The Hall–Kier alpha value is -3.16. The summed E-state index contributed by atoms with van der Waals surface area (Å²) in [6, 6.07) is 2.83. The number of hydrogen-bond acceptors (Lipinski definition) is 6. The maximum Gasteiger partial charge on any atom is 0.335 e. The molecule has 1 aromatic rings. The van der Waals surface area contributed by atoms with Crippen LogP contribution in [0.3, 0.4) is 0 Å². The number of unbranched alkanes of at least 4 members (excludes halogenated alkanes) is 1. The van der Waals surface area contributed by atoms with E-state index in [0.717, 1.165) is 24.5 Å². The van der Waals surface area contributed by atoms with Gasteiger partial charge in [0, 0.05) is 18.1 Å². The zero-order valence-electron chi connectivity index (χ0n) is 16.0. The van der Waals surface area contributed by atoms with Crippen LogP contribution in [-0.2, 0) is 16.0 Å². The van der Waals surface area contributed by atoms with Crippen molar-refractivity contribution in [2.24, 2.45) is 10.2 Å². The van der Waals surface area contributed by atoms with E-state index in [4.69, 9.17) is 10.5 Å². The Morgan fingerprint density at radius 1 is 1.25 bits per heavy atom. The first kappa shape index (κ1) is 21.1. The van der Waals surface area contributed by atoms with Gasteiger partial charge in [-0.3, -0.25) is 0 Å². The molecule has 0 aromatic heterocycles. The van der Waals surface area contributed by atoms with Crippen molar-refractivity contribution in [3.8, 4) is 5.75 Å². The van der Waals surface area contributed by atoms with E-state index in [2.05, 4.69) is 17.2 Å². The number of carbonyl (C=O) groups is 2. The minimum Gasteiger partial charge on any atom is -0.491 e. The largest absolute Gasteiger partial charge is 0.491 e. The highest BCUT2D eigenvalue weighted by Crippen LogP contribution is 2.33. The third-order valence-corrected chi connectivity index (χ3v) is 4.31.